The van der Waals surface area contributed by atoms with Crippen molar-refractivity contribution in [2.45, 2.75) is 24.3 Å². The predicted octanol–water partition coefficient (Wildman–Crippen LogP) is 4.29. The van der Waals surface area contributed by atoms with Crippen molar-refractivity contribution in [3.05, 3.63) is 79.9 Å². The minimum absolute atomic E-state index is 0.0128. The minimum Gasteiger partial charge on any atom is -0.308 e. The van der Waals surface area contributed by atoms with Gasteiger partial charge >= 0.3 is 0 Å². The van der Waals surface area contributed by atoms with Crippen molar-refractivity contribution in [1.82, 2.24) is 14.1 Å². The van der Waals surface area contributed by atoms with E-state index in [1.165, 1.54) is 16.4 Å². The Morgan fingerprint density at radius 1 is 1.14 bits per heavy atom. The Kier molecular flexibility index (Phi) is 7.55. The maximum absolute atomic E-state index is 12.9. The van der Waals surface area contributed by atoms with Crippen LogP contribution in [0.15, 0.2) is 64.1 Å². The van der Waals surface area contributed by atoms with E-state index < -0.39 is 14.9 Å². The lowest BCUT2D eigenvalue weighted by molar-refractivity contribution is -0.384. The standard InChI is InChI=1S/C22H21BrClN5O5S/c23-20-14-27(13-15-1-3-17(24)4-2-15)26-21(20)25-22(30)16-9-11-28(12-10-16)35(33,34)19-7-5-18(6-8-19)29(31)32/h1-8,14,16H,9-13H2,(H,25,26,30). The number of hydrogen-bond donors (Lipinski definition) is 1. The molecule has 1 N–H and O–H groups in total. The maximum atomic E-state index is 12.9. The third-order valence-electron chi connectivity index (χ3n) is 5.73. The van der Waals surface area contributed by atoms with E-state index in [-0.39, 0.29) is 35.5 Å². The van der Waals surface area contributed by atoms with Crippen LogP contribution in [0, 0.1) is 16.0 Å². The second-order valence-corrected chi connectivity index (χ2v) is 11.3. The molecule has 2 aromatic carbocycles. The van der Waals surface area contributed by atoms with Crippen molar-refractivity contribution < 1.29 is 18.1 Å². The molecule has 4 rings (SSSR count). The Balaban J connectivity index is 1.35. The van der Waals surface area contributed by atoms with Crippen LogP contribution in [-0.2, 0) is 21.4 Å². The van der Waals surface area contributed by atoms with Crippen LogP contribution in [0.2, 0.25) is 5.02 Å². The molecule has 0 spiro atoms. The zero-order chi connectivity index (χ0) is 25.2. The van der Waals surface area contributed by atoms with Crippen LogP contribution >= 0.6 is 27.5 Å². The number of halogens is 2. The van der Waals surface area contributed by atoms with Gasteiger partial charge in [-0.2, -0.15) is 9.40 Å². The van der Waals surface area contributed by atoms with E-state index in [2.05, 4.69) is 26.3 Å². The number of hydrogen-bond acceptors (Lipinski definition) is 6. The van der Waals surface area contributed by atoms with Gasteiger partial charge < -0.3 is 5.32 Å². The number of rotatable bonds is 7. The second kappa shape index (κ2) is 10.4. The lowest BCUT2D eigenvalue weighted by Crippen LogP contribution is -2.41. The number of anilines is 1. The van der Waals surface area contributed by atoms with Crippen LogP contribution in [0.25, 0.3) is 0 Å². The van der Waals surface area contributed by atoms with Gasteiger partial charge in [0.2, 0.25) is 15.9 Å². The molecule has 0 saturated carbocycles. The number of non-ortho nitro benzene ring substituents is 1. The second-order valence-electron chi connectivity index (χ2n) is 8.07. The molecule has 0 unspecified atom stereocenters. The summed E-state index contributed by atoms with van der Waals surface area (Å²) in [7, 11) is -3.80. The van der Waals surface area contributed by atoms with Crippen LogP contribution in [-0.4, -0.2) is 46.4 Å². The Morgan fingerprint density at radius 2 is 1.77 bits per heavy atom. The van der Waals surface area contributed by atoms with Gasteiger partial charge in [-0.15, -0.1) is 0 Å². The van der Waals surface area contributed by atoms with Gasteiger partial charge in [-0.25, -0.2) is 8.42 Å². The normalized spacial score (nSPS) is 15.1. The summed E-state index contributed by atoms with van der Waals surface area (Å²) < 4.78 is 29.4. The molecule has 0 radical (unpaired) electrons. The van der Waals surface area contributed by atoms with E-state index in [4.69, 9.17) is 11.6 Å². The number of nitro benzene ring substituents is 1. The first kappa shape index (κ1) is 25.3. The summed E-state index contributed by atoms with van der Waals surface area (Å²) in [6.07, 6.45) is 2.46. The summed E-state index contributed by atoms with van der Waals surface area (Å²) in [4.78, 5) is 23.0. The fourth-order valence-electron chi connectivity index (χ4n) is 3.81. The molecule has 35 heavy (non-hydrogen) atoms. The quantitative estimate of drug-likeness (QED) is 0.327. The Hall–Kier alpha value is -2.80. The van der Waals surface area contributed by atoms with Gasteiger partial charge in [0.1, 0.15) is 0 Å². The van der Waals surface area contributed by atoms with E-state index in [9.17, 15) is 23.3 Å². The Morgan fingerprint density at radius 3 is 2.37 bits per heavy atom. The van der Waals surface area contributed by atoms with Gasteiger partial charge in [0.25, 0.3) is 5.69 Å². The van der Waals surface area contributed by atoms with E-state index in [1.54, 1.807) is 23.0 Å². The number of carbonyl (C=O) groups excluding carboxylic acids is 1. The van der Waals surface area contributed by atoms with Crippen molar-refractivity contribution in [2.24, 2.45) is 5.92 Å². The van der Waals surface area contributed by atoms with Crippen LogP contribution in [0.1, 0.15) is 18.4 Å². The lowest BCUT2D eigenvalue weighted by atomic mass is 9.97. The van der Waals surface area contributed by atoms with E-state index in [0.717, 1.165) is 17.7 Å². The molecule has 184 valence electrons. The zero-order valence-electron chi connectivity index (χ0n) is 18.3. The average Bonchev–Trinajstić information content (AvgIpc) is 3.18. The fraction of sp³-hybridized carbons (Fsp3) is 0.273. The first-order valence-electron chi connectivity index (χ1n) is 10.7. The number of amides is 1. The molecule has 0 bridgehead atoms. The molecule has 1 aliphatic heterocycles. The molecule has 1 saturated heterocycles. The van der Waals surface area contributed by atoms with Crippen molar-refractivity contribution in [3.63, 3.8) is 0 Å². The van der Waals surface area contributed by atoms with E-state index in [1.807, 2.05) is 12.1 Å². The molecule has 0 atom stereocenters. The molecule has 1 aliphatic rings. The van der Waals surface area contributed by atoms with Gasteiger partial charge in [0.15, 0.2) is 5.82 Å². The van der Waals surface area contributed by atoms with E-state index in [0.29, 0.717) is 34.7 Å². The topological polar surface area (TPSA) is 127 Å². The smallest absolute Gasteiger partial charge is 0.269 e. The molecule has 0 aliphatic carbocycles. The molecule has 10 nitrogen and oxygen atoms in total. The third-order valence-corrected chi connectivity index (χ3v) is 8.47. The first-order chi connectivity index (χ1) is 16.6. The Labute approximate surface area is 215 Å². The highest BCUT2D eigenvalue weighted by atomic mass is 79.9. The average molecular weight is 583 g/mol. The number of nitrogens with one attached hydrogen (secondary N) is 1. The van der Waals surface area contributed by atoms with Crippen molar-refractivity contribution in [1.29, 1.82) is 0 Å². The first-order valence-corrected chi connectivity index (χ1v) is 13.3. The summed E-state index contributed by atoms with van der Waals surface area (Å²) in [6.45, 7) is 0.845. The van der Waals surface area contributed by atoms with Crippen molar-refractivity contribution in [3.8, 4) is 0 Å². The van der Waals surface area contributed by atoms with Gasteiger partial charge in [0, 0.05) is 42.4 Å². The SMILES string of the molecule is O=C(Nc1nn(Cc2ccc(Cl)cc2)cc1Br)C1CCN(S(=O)(=O)c2ccc([N+](=O)[O-])cc2)CC1. The number of aromatic nitrogens is 2. The highest BCUT2D eigenvalue weighted by Crippen LogP contribution is 2.27. The predicted molar refractivity (Wildman–Crippen MR) is 134 cm³/mol. The fourth-order valence-corrected chi connectivity index (χ4v) is 5.82. The number of benzene rings is 2. The molecule has 3 aromatic rings. The van der Waals surface area contributed by atoms with Crippen molar-refractivity contribution >= 4 is 55.0 Å². The van der Waals surface area contributed by atoms with Crippen molar-refractivity contribution in [2.75, 3.05) is 18.4 Å². The summed E-state index contributed by atoms with van der Waals surface area (Å²) >= 11 is 9.34. The number of nitrogens with zero attached hydrogens (tertiary/aromatic N) is 4. The maximum Gasteiger partial charge on any atom is 0.269 e. The van der Waals surface area contributed by atoms with Gasteiger partial charge in [-0.1, -0.05) is 23.7 Å². The number of piperidine rings is 1. The van der Waals surface area contributed by atoms with Gasteiger partial charge in [0.05, 0.1) is 20.8 Å². The van der Waals surface area contributed by atoms with Crippen LogP contribution in [0.3, 0.4) is 0 Å². The monoisotopic (exact) mass is 581 g/mol. The molecular formula is C22H21BrClN5O5S. The summed E-state index contributed by atoms with van der Waals surface area (Å²) in [6, 6.07) is 12.2. The highest BCUT2D eigenvalue weighted by molar-refractivity contribution is 9.10. The van der Waals surface area contributed by atoms with Crippen LogP contribution < -0.4 is 5.32 Å². The number of nitro groups is 1. The highest BCUT2D eigenvalue weighted by Gasteiger charge is 2.32. The van der Waals surface area contributed by atoms with Crippen LogP contribution in [0.5, 0.6) is 0 Å². The molecular weight excluding hydrogens is 562 g/mol. The molecule has 1 aromatic heterocycles. The minimum atomic E-state index is -3.80. The number of carbonyl (C=O) groups is 1. The molecule has 2 heterocycles. The Bertz CT molecular complexity index is 1340. The summed E-state index contributed by atoms with van der Waals surface area (Å²) in [5.74, 6) is -0.202. The molecule has 1 fully saturated rings. The van der Waals surface area contributed by atoms with Gasteiger partial charge in [-0.3, -0.25) is 19.6 Å². The van der Waals surface area contributed by atoms with Crippen LogP contribution in [0.4, 0.5) is 11.5 Å². The number of sulfonamides is 1. The zero-order valence-corrected chi connectivity index (χ0v) is 21.5. The molecule has 1 amide bonds. The lowest BCUT2D eigenvalue weighted by Gasteiger charge is -2.30. The largest absolute Gasteiger partial charge is 0.308 e. The summed E-state index contributed by atoms with van der Waals surface area (Å²) in [5, 5.41) is 18.7. The van der Waals surface area contributed by atoms with E-state index >= 15 is 0 Å². The molecule has 13 heteroatoms. The van der Waals surface area contributed by atoms with Gasteiger partial charge in [-0.05, 0) is 58.6 Å². The third kappa shape index (κ3) is 5.89. The summed E-state index contributed by atoms with van der Waals surface area (Å²) in [5.41, 5.74) is 0.824.